The molecule has 2 aromatic rings. The van der Waals surface area contributed by atoms with Crippen molar-refractivity contribution >= 4 is 18.4 Å². The molecule has 6 heteroatoms. The number of esters is 1. The summed E-state index contributed by atoms with van der Waals surface area (Å²) in [6, 6.07) is 18.1. The van der Waals surface area contributed by atoms with Gasteiger partial charge in [0.2, 0.25) is 0 Å². The van der Waals surface area contributed by atoms with Gasteiger partial charge >= 0.3 is 5.97 Å². The van der Waals surface area contributed by atoms with E-state index in [4.69, 9.17) is 19.9 Å². The van der Waals surface area contributed by atoms with Gasteiger partial charge in [0.25, 0.3) is 0 Å². The summed E-state index contributed by atoms with van der Waals surface area (Å²) in [4.78, 5) is 11.7. The first-order chi connectivity index (χ1) is 11.6. The minimum Gasteiger partial charge on any atom is -0.490 e. The van der Waals surface area contributed by atoms with E-state index in [2.05, 4.69) is 0 Å². The molecular formula is C19H24ClNO4. The number of nitrogens with two attached hydrogens (primary N) is 1. The Labute approximate surface area is 154 Å². The molecule has 0 saturated carbocycles. The van der Waals surface area contributed by atoms with Gasteiger partial charge in [0.1, 0.15) is 30.3 Å². The van der Waals surface area contributed by atoms with Crippen LogP contribution in [0.25, 0.3) is 0 Å². The molecule has 2 rings (SSSR count). The molecule has 3 atom stereocenters. The molecule has 25 heavy (non-hydrogen) atoms. The molecule has 0 heterocycles. The highest BCUT2D eigenvalue weighted by molar-refractivity contribution is 5.85. The monoisotopic (exact) mass is 365 g/mol. The van der Waals surface area contributed by atoms with Crippen LogP contribution in [0.15, 0.2) is 60.7 Å². The molecule has 2 aromatic carbocycles. The van der Waals surface area contributed by atoms with E-state index < -0.39 is 24.2 Å². The van der Waals surface area contributed by atoms with Gasteiger partial charge in [0.05, 0.1) is 0 Å². The molecule has 0 unspecified atom stereocenters. The zero-order chi connectivity index (χ0) is 17.4. The Bertz CT molecular complexity index is 622. The zero-order valence-electron chi connectivity index (χ0n) is 14.3. The fourth-order valence-corrected chi connectivity index (χ4v) is 2.00. The van der Waals surface area contributed by atoms with E-state index in [1.54, 1.807) is 13.8 Å². The lowest BCUT2D eigenvalue weighted by Crippen LogP contribution is -2.41. The van der Waals surface area contributed by atoms with E-state index in [0.717, 1.165) is 5.75 Å². The molecule has 136 valence electrons. The summed E-state index contributed by atoms with van der Waals surface area (Å²) in [5.41, 5.74) is 5.56. The second-order valence-corrected chi connectivity index (χ2v) is 5.52. The van der Waals surface area contributed by atoms with Crippen molar-refractivity contribution in [1.29, 1.82) is 0 Å². The Kier molecular flexibility index (Phi) is 8.81. The number of carbonyl (C=O) groups excluding carboxylic acids is 1. The van der Waals surface area contributed by atoms with Crippen LogP contribution in [-0.2, 0) is 9.53 Å². The highest BCUT2D eigenvalue weighted by Gasteiger charge is 2.25. The number of ether oxygens (including phenoxy) is 3. The quantitative estimate of drug-likeness (QED) is 0.727. The molecule has 0 aliphatic rings. The number of hydrogen-bond donors (Lipinski definition) is 1. The maximum absolute atomic E-state index is 11.7. The van der Waals surface area contributed by atoms with Gasteiger partial charge in [-0.1, -0.05) is 36.4 Å². The lowest BCUT2D eigenvalue weighted by Gasteiger charge is -2.26. The maximum Gasteiger partial charge on any atom is 0.323 e. The summed E-state index contributed by atoms with van der Waals surface area (Å²) >= 11 is 0. The van der Waals surface area contributed by atoms with Crippen molar-refractivity contribution in [3.63, 3.8) is 0 Å². The minimum atomic E-state index is -0.681. The highest BCUT2D eigenvalue weighted by Crippen LogP contribution is 2.16. The van der Waals surface area contributed by atoms with Gasteiger partial charge in [-0.3, -0.25) is 4.79 Å². The predicted molar refractivity (Wildman–Crippen MR) is 99.2 cm³/mol. The van der Waals surface area contributed by atoms with Gasteiger partial charge < -0.3 is 19.9 Å². The van der Waals surface area contributed by atoms with E-state index in [-0.39, 0.29) is 19.0 Å². The smallest absolute Gasteiger partial charge is 0.323 e. The van der Waals surface area contributed by atoms with Crippen molar-refractivity contribution in [2.24, 2.45) is 5.73 Å². The number of rotatable bonds is 8. The second-order valence-electron chi connectivity index (χ2n) is 5.52. The van der Waals surface area contributed by atoms with E-state index in [1.807, 2.05) is 60.7 Å². The van der Waals surface area contributed by atoms with E-state index >= 15 is 0 Å². The third-order valence-corrected chi connectivity index (χ3v) is 3.39. The fraction of sp³-hybridized carbons (Fsp3) is 0.316. The van der Waals surface area contributed by atoms with Crippen molar-refractivity contribution in [3.8, 4) is 11.5 Å². The van der Waals surface area contributed by atoms with Gasteiger partial charge in [0.15, 0.2) is 6.10 Å². The molecule has 0 radical (unpaired) electrons. The SMILES string of the molecule is C[C@H](N)C(=O)O[C@@H](C)[C@@H](COc1ccccc1)Oc1ccccc1.Cl. The van der Waals surface area contributed by atoms with Crippen LogP contribution >= 0.6 is 12.4 Å². The van der Waals surface area contributed by atoms with Crippen molar-refractivity contribution in [1.82, 2.24) is 0 Å². The molecule has 0 aromatic heterocycles. The predicted octanol–water partition coefficient (Wildman–Crippen LogP) is 3.21. The molecular weight excluding hydrogens is 342 g/mol. The lowest BCUT2D eigenvalue weighted by atomic mass is 10.2. The molecule has 0 aliphatic carbocycles. The average Bonchev–Trinajstić information content (AvgIpc) is 2.60. The number of hydrogen-bond acceptors (Lipinski definition) is 5. The average molecular weight is 366 g/mol. The molecule has 0 saturated heterocycles. The topological polar surface area (TPSA) is 70.8 Å². The Balaban J connectivity index is 0.00000312. The molecule has 2 N–H and O–H groups in total. The van der Waals surface area contributed by atoms with E-state index in [1.165, 1.54) is 0 Å². The van der Waals surface area contributed by atoms with Crippen LogP contribution in [0, 0.1) is 0 Å². The van der Waals surface area contributed by atoms with Crippen LogP contribution in [-0.4, -0.2) is 30.8 Å². The van der Waals surface area contributed by atoms with Gasteiger partial charge in [-0.25, -0.2) is 0 Å². The first-order valence-corrected chi connectivity index (χ1v) is 7.92. The number of para-hydroxylation sites is 2. The van der Waals surface area contributed by atoms with Crippen molar-refractivity contribution in [2.45, 2.75) is 32.1 Å². The summed E-state index contributed by atoms with van der Waals surface area (Å²) in [6.45, 7) is 3.59. The zero-order valence-corrected chi connectivity index (χ0v) is 15.1. The Morgan fingerprint density at radius 2 is 1.48 bits per heavy atom. The Morgan fingerprint density at radius 3 is 2.00 bits per heavy atom. The van der Waals surface area contributed by atoms with Gasteiger partial charge in [-0.15, -0.1) is 12.4 Å². The van der Waals surface area contributed by atoms with Crippen LogP contribution < -0.4 is 15.2 Å². The summed E-state index contributed by atoms with van der Waals surface area (Å²) in [5, 5.41) is 0. The fourth-order valence-electron chi connectivity index (χ4n) is 2.00. The molecule has 5 nitrogen and oxygen atoms in total. The van der Waals surface area contributed by atoms with Gasteiger partial charge in [-0.2, -0.15) is 0 Å². The number of halogens is 1. The molecule has 0 fully saturated rings. The van der Waals surface area contributed by atoms with E-state index in [0.29, 0.717) is 5.75 Å². The second kappa shape index (κ2) is 10.6. The maximum atomic E-state index is 11.7. The Hall–Kier alpha value is -2.24. The molecule has 0 amide bonds. The van der Waals surface area contributed by atoms with Crippen LogP contribution in [0.1, 0.15) is 13.8 Å². The molecule has 0 spiro atoms. The van der Waals surface area contributed by atoms with E-state index in [9.17, 15) is 4.79 Å². The Morgan fingerprint density at radius 1 is 0.960 bits per heavy atom. The number of carbonyl (C=O) groups is 1. The van der Waals surface area contributed by atoms with Crippen molar-refractivity contribution < 1.29 is 19.0 Å². The first-order valence-electron chi connectivity index (χ1n) is 7.92. The lowest BCUT2D eigenvalue weighted by molar-refractivity contribution is -0.154. The summed E-state index contributed by atoms with van der Waals surface area (Å²) in [5.74, 6) is 0.941. The molecule has 0 bridgehead atoms. The highest BCUT2D eigenvalue weighted by atomic mass is 35.5. The van der Waals surface area contributed by atoms with Crippen LogP contribution in [0.5, 0.6) is 11.5 Å². The summed E-state index contributed by atoms with van der Waals surface area (Å²) < 4.78 is 17.1. The standard InChI is InChI=1S/C19H23NO4.ClH/c1-14(20)19(21)23-15(2)18(24-17-11-7-4-8-12-17)13-22-16-9-5-3-6-10-16;/h3-12,14-15,18H,13,20H2,1-2H3;1H/t14-,15-,18+;/m0./s1. The normalized spacial score (nSPS) is 13.7. The van der Waals surface area contributed by atoms with Crippen LogP contribution in [0.2, 0.25) is 0 Å². The first kappa shape index (κ1) is 20.8. The van der Waals surface area contributed by atoms with Crippen molar-refractivity contribution in [3.05, 3.63) is 60.7 Å². The third kappa shape index (κ3) is 7.03. The minimum absolute atomic E-state index is 0. The van der Waals surface area contributed by atoms with Crippen LogP contribution in [0.3, 0.4) is 0 Å². The summed E-state index contributed by atoms with van der Waals surface area (Å²) in [7, 11) is 0. The van der Waals surface area contributed by atoms with Gasteiger partial charge in [0, 0.05) is 0 Å². The van der Waals surface area contributed by atoms with Gasteiger partial charge in [-0.05, 0) is 38.1 Å². The third-order valence-electron chi connectivity index (χ3n) is 3.39. The molecule has 0 aliphatic heterocycles. The summed E-state index contributed by atoms with van der Waals surface area (Å²) in [6.07, 6.45) is -0.970. The van der Waals surface area contributed by atoms with Crippen molar-refractivity contribution in [2.75, 3.05) is 6.61 Å². The largest absolute Gasteiger partial charge is 0.490 e. The van der Waals surface area contributed by atoms with Crippen LogP contribution in [0.4, 0.5) is 0 Å². The number of benzene rings is 2.